The molecular formula is C15H23NO4. The molecule has 0 saturated carbocycles. The Balaban J connectivity index is 2.83. The van der Waals surface area contributed by atoms with E-state index in [-0.39, 0.29) is 11.7 Å². The normalized spacial score (nSPS) is 12.4. The Morgan fingerprint density at radius 2 is 1.95 bits per heavy atom. The van der Waals surface area contributed by atoms with Crippen molar-refractivity contribution in [3.05, 3.63) is 23.2 Å². The third-order valence-electron chi connectivity index (χ3n) is 3.13. The van der Waals surface area contributed by atoms with Crippen LogP contribution in [0.15, 0.2) is 10.5 Å². The number of amides is 1. The molecule has 2 N–H and O–H groups in total. The maximum Gasteiger partial charge on any atom is 0.326 e. The molecule has 20 heavy (non-hydrogen) atoms. The molecule has 112 valence electrons. The van der Waals surface area contributed by atoms with Gasteiger partial charge in [-0.2, -0.15) is 0 Å². The van der Waals surface area contributed by atoms with Crippen molar-refractivity contribution in [2.24, 2.45) is 5.92 Å². The van der Waals surface area contributed by atoms with E-state index >= 15 is 0 Å². The second-order valence-electron chi connectivity index (χ2n) is 5.26. The summed E-state index contributed by atoms with van der Waals surface area (Å²) < 4.78 is 5.50. The smallest absolute Gasteiger partial charge is 0.326 e. The van der Waals surface area contributed by atoms with E-state index in [2.05, 4.69) is 5.32 Å². The summed E-state index contributed by atoms with van der Waals surface area (Å²) >= 11 is 0. The number of nitrogens with one attached hydrogen (secondary N) is 1. The summed E-state index contributed by atoms with van der Waals surface area (Å²) in [4.78, 5) is 23.2. The van der Waals surface area contributed by atoms with Crippen LogP contribution in [0, 0.1) is 5.92 Å². The second-order valence-corrected chi connectivity index (χ2v) is 5.26. The Bertz CT molecular complexity index is 455. The van der Waals surface area contributed by atoms with Gasteiger partial charge < -0.3 is 14.8 Å². The molecule has 0 bridgehead atoms. The summed E-state index contributed by atoms with van der Waals surface area (Å²) in [5.41, 5.74) is 0.994. The number of aryl methyl sites for hydroxylation is 2. The van der Waals surface area contributed by atoms with Gasteiger partial charge in [-0.25, -0.2) is 4.79 Å². The van der Waals surface area contributed by atoms with Crippen molar-refractivity contribution < 1.29 is 19.1 Å². The highest BCUT2D eigenvalue weighted by molar-refractivity contribution is 5.94. The molecule has 0 aliphatic carbocycles. The highest BCUT2D eigenvalue weighted by Crippen LogP contribution is 2.17. The Labute approximate surface area is 119 Å². The molecule has 0 unspecified atom stereocenters. The van der Waals surface area contributed by atoms with E-state index in [1.54, 1.807) is 6.07 Å². The summed E-state index contributed by atoms with van der Waals surface area (Å²) in [5.74, 6) is -0.329. The van der Waals surface area contributed by atoms with Gasteiger partial charge >= 0.3 is 5.97 Å². The molecule has 1 aromatic rings. The first kappa shape index (κ1) is 16.3. The van der Waals surface area contributed by atoms with Crippen molar-refractivity contribution >= 4 is 11.9 Å². The van der Waals surface area contributed by atoms with Gasteiger partial charge in [-0.3, -0.25) is 4.79 Å². The van der Waals surface area contributed by atoms with Crippen molar-refractivity contribution in [3.8, 4) is 0 Å². The fourth-order valence-electron chi connectivity index (χ4n) is 2.10. The Kier molecular flexibility index (Phi) is 5.80. The zero-order chi connectivity index (χ0) is 15.3. The minimum absolute atomic E-state index is 0.186. The first-order valence-corrected chi connectivity index (χ1v) is 7.04. The molecule has 0 aliphatic heterocycles. The van der Waals surface area contributed by atoms with Gasteiger partial charge in [-0.15, -0.1) is 0 Å². The molecule has 1 amide bonds. The van der Waals surface area contributed by atoms with E-state index in [0.29, 0.717) is 12.8 Å². The summed E-state index contributed by atoms with van der Waals surface area (Å²) in [5, 5.41) is 11.6. The minimum atomic E-state index is -1.02. The van der Waals surface area contributed by atoms with Gasteiger partial charge in [0.2, 0.25) is 0 Å². The molecule has 0 radical (unpaired) electrons. The van der Waals surface area contributed by atoms with Crippen molar-refractivity contribution in [1.82, 2.24) is 5.32 Å². The fraction of sp³-hybridized carbons (Fsp3) is 0.600. The number of hydrogen-bond donors (Lipinski definition) is 2. The van der Waals surface area contributed by atoms with Crippen LogP contribution in [0.25, 0.3) is 0 Å². The Morgan fingerprint density at radius 3 is 2.35 bits per heavy atom. The standard InChI is InChI=1S/C15H23NO4/c1-5-10-8-13(20-12(10)6-2)14(17)16-11(15(18)19)7-9(3)4/h8-9,11H,5-7H2,1-4H3,(H,16,17)(H,18,19)/t11-/m0/s1. The van der Waals surface area contributed by atoms with Gasteiger partial charge in [-0.05, 0) is 30.4 Å². The van der Waals surface area contributed by atoms with Gasteiger partial charge in [0.05, 0.1) is 0 Å². The van der Waals surface area contributed by atoms with Crippen LogP contribution < -0.4 is 5.32 Å². The second kappa shape index (κ2) is 7.12. The van der Waals surface area contributed by atoms with Crippen LogP contribution in [0.1, 0.15) is 56.0 Å². The lowest BCUT2D eigenvalue weighted by atomic mass is 10.0. The quantitative estimate of drug-likeness (QED) is 0.805. The van der Waals surface area contributed by atoms with E-state index in [4.69, 9.17) is 9.52 Å². The van der Waals surface area contributed by atoms with Crippen LogP contribution in [0.3, 0.4) is 0 Å². The topological polar surface area (TPSA) is 79.5 Å². The summed E-state index contributed by atoms with van der Waals surface area (Å²) in [6.45, 7) is 7.78. The molecule has 5 heteroatoms. The maximum atomic E-state index is 12.1. The summed E-state index contributed by atoms with van der Waals surface area (Å²) in [6, 6.07) is 0.811. The number of carboxylic acid groups (broad SMARTS) is 1. The van der Waals surface area contributed by atoms with Crippen LogP contribution in [0.5, 0.6) is 0 Å². The van der Waals surface area contributed by atoms with E-state index in [0.717, 1.165) is 17.7 Å². The van der Waals surface area contributed by atoms with Gasteiger partial charge in [-0.1, -0.05) is 27.7 Å². The van der Waals surface area contributed by atoms with Crippen LogP contribution >= 0.6 is 0 Å². The van der Waals surface area contributed by atoms with Crippen LogP contribution in [-0.4, -0.2) is 23.0 Å². The third kappa shape index (κ3) is 4.11. The molecular weight excluding hydrogens is 258 g/mol. The first-order chi connectivity index (χ1) is 9.38. The molecule has 1 rings (SSSR count). The number of furan rings is 1. The highest BCUT2D eigenvalue weighted by Gasteiger charge is 2.24. The van der Waals surface area contributed by atoms with Crippen LogP contribution in [0.4, 0.5) is 0 Å². The van der Waals surface area contributed by atoms with Gasteiger partial charge in [0.15, 0.2) is 5.76 Å². The molecule has 0 saturated heterocycles. The number of carbonyl (C=O) groups is 2. The number of hydrogen-bond acceptors (Lipinski definition) is 3. The largest absolute Gasteiger partial charge is 0.480 e. The zero-order valence-corrected chi connectivity index (χ0v) is 12.5. The lowest BCUT2D eigenvalue weighted by Gasteiger charge is -2.15. The summed E-state index contributed by atoms with van der Waals surface area (Å²) in [6.07, 6.45) is 1.89. The van der Waals surface area contributed by atoms with Crippen LogP contribution in [-0.2, 0) is 17.6 Å². The first-order valence-electron chi connectivity index (χ1n) is 7.04. The molecule has 1 heterocycles. The lowest BCUT2D eigenvalue weighted by Crippen LogP contribution is -2.41. The molecule has 1 aromatic heterocycles. The highest BCUT2D eigenvalue weighted by atomic mass is 16.4. The fourth-order valence-corrected chi connectivity index (χ4v) is 2.10. The van der Waals surface area contributed by atoms with Crippen molar-refractivity contribution in [2.75, 3.05) is 0 Å². The monoisotopic (exact) mass is 281 g/mol. The van der Waals surface area contributed by atoms with E-state index in [1.165, 1.54) is 0 Å². The van der Waals surface area contributed by atoms with E-state index in [1.807, 2.05) is 27.7 Å². The molecule has 1 atom stereocenters. The lowest BCUT2D eigenvalue weighted by molar-refractivity contribution is -0.139. The van der Waals surface area contributed by atoms with Crippen molar-refractivity contribution in [3.63, 3.8) is 0 Å². The third-order valence-corrected chi connectivity index (χ3v) is 3.13. The molecule has 0 fully saturated rings. The molecule has 0 aliphatic rings. The van der Waals surface area contributed by atoms with Crippen molar-refractivity contribution in [2.45, 2.75) is 53.0 Å². The van der Waals surface area contributed by atoms with E-state index < -0.39 is 17.9 Å². The van der Waals surface area contributed by atoms with E-state index in [9.17, 15) is 9.59 Å². The predicted octanol–water partition coefficient (Wildman–Crippen LogP) is 2.63. The van der Waals surface area contributed by atoms with Gasteiger partial charge in [0.25, 0.3) is 5.91 Å². The average molecular weight is 281 g/mol. The molecule has 0 aromatic carbocycles. The molecule has 5 nitrogen and oxygen atoms in total. The number of carboxylic acids is 1. The minimum Gasteiger partial charge on any atom is -0.480 e. The van der Waals surface area contributed by atoms with Crippen molar-refractivity contribution in [1.29, 1.82) is 0 Å². The SMILES string of the molecule is CCc1cc(C(=O)N[C@@H](CC(C)C)C(=O)O)oc1CC. The predicted molar refractivity (Wildman–Crippen MR) is 75.8 cm³/mol. The summed E-state index contributed by atoms with van der Waals surface area (Å²) in [7, 11) is 0. The molecule has 0 spiro atoms. The maximum absolute atomic E-state index is 12.1. The Hall–Kier alpha value is -1.78. The number of aliphatic carboxylic acids is 1. The zero-order valence-electron chi connectivity index (χ0n) is 12.5. The number of rotatable bonds is 7. The van der Waals surface area contributed by atoms with Crippen LogP contribution in [0.2, 0.25) is 0 Å². The Morgan fingerprint density at radius 1 is 1.30 bits per heavy atom. The van der Waals surface area contributed by atoms with Gasteiger partial charge in [0, 0.05) is 6.42 Å². The van der Waals surface area contributed by atoms with Gasteiger partial charge in [0.1, 0.15) is 11.8 Å². The number of carbonyl (C=O) groups excluding carboxylic acids is 1. The average Bonchev–Trinajstić information content (AvgIpc) is 2.80.